The van der Waals surface area contributed by atoms with Gasteiger partial charge in [-0.15, -0.1) is 0 Å². The third kappa shape index (κ3) is 4.59. The highest BCUT2D eigenvalue weighted by Gasteiger charge is 2.17. The minimum atomic E-state index is -0.190. The lowest BCUT2D eigenvalue weighted by molar-refractivity contribution is -0.122. The van der Waals surface area contributed by atoms with Crippen molar-refractivity contribution in [3.63, 3.8) is 0 Å². The van der Waals surface area contributed by atoms with Crippen LogP contribution in [0.25, 0.3) is 0 Å². The van der Waals surface area contributed by atoms with Gasteiger partial charge < -0.3 is 19.9 Å². The molecule has 1 saturated heterocycles. The van der Waals surface area contributed by atoms with Crippen LogP contribution < -0.4 is 15.1 Å². The Kier molecular flexibility index (Phi) is 5.33. The Hall–Kier alpha value is -2.82. The number of ether oxygens (including phenoxy) is 1. The number of carbonyl (C=O) groups is 1. The Bertz CT molecular complexity index is 698. The fraction of sp³-hybridized carbons (Fsp3) is 0.571. The van der Waals surface area contributed by atoms with Crippen LogP contribution in [-0.4, -0.2) is 76.0 Å². The Balaban J connectivity index is 1.68. The number of morpholine rings is 1. The van der Waals surface area contributed by atoms with Gasteiger partial charge in [0.1, 0.15) is 19.2 Å². The van der Waals surface area contributed by atoms with Gasteiger partial charge in [-0.2, -0.15) is 20.1 Å². The van der Waals surface area contributed by atoms with E-state index in [1.807, 2.05) is 19.0 Å². The third-order valence-electron chi connectivity index (χ3n) is 3.57. The molecule has 2 aromatic heterocycles. The molecule has 0 spiro atoms. The summed E-state index contributed by atoms with van der Waals surface area (Å²) < 4.78 is 6.82. The molecule has 0 aromatic carbocycles. The highest BCUT2D eigenvalue weighted by atomic mass is 16.5. The van der Waals surface area contributed by atoms with Crippen molar-refractivity contribution in [1.29, 1.82) is 0 Å². The number of hydrogen-bond donors (Lipinski definition) is 1. The van der Waals surface area contributed by atoms with E-state index in [0.717, 1.165) is 13.1 Å². The fourth-order valence-corrected chi connectivity index (χ4v) is 2.27. The van der Waals surface area contributed by atoms with Crippen molar-refractivity contribution in [2.24, 2.45) is 0 Å². The zero-order valence-corrected chi connectivity index (χ0v) is 14.3. The molecule has 1 amide bonds. The van der Waals surface area contributed by atoms with E-state index in [0.29, 0.717) is 30.9 Å². The van der Waals surface area contributed by atoms with Crippen molar-refractivity contribution in [2.75, 3.05) is 50.2 Å². The summed E-state index contributed by atoms with van der Waals surface area (Å²) in [6.07, 6.45) is 2.88. The Morgan fingerprint density at radius 1 is 1.28 bits per heavy atom. The molecule has 0 radical (unpaired) electrons. The van der Waals surface area contributed by atoms with Crippen molar-refractivity contribution < 1.29 is 9.53 Å². The van der Waals surface area contributed by atoms with E-state index in [2.05, 4.69) is 35.3 Å². The van der Waals surface area contributed by atoms with E-state index in [9.17, 15) is 4.79 Å². The summed E-state index contributed by atoms with van der Waals surface area (Å²) in [6, 6.07) is 0. The summed E-state index contributed by atoms with van der Waals surface area (Å²) >= 11 is 0. The van der Waals surface area contributed by atoms with E-state index < -0.39 is 0 Å². The molecule has 1 aliphatic rings. The second-order valence-corrected chi connectivity index (χ2v) is 5.72. The first-order valence-electron chi connectivity index (χ1n) is 7.96. The molecule has 0 saturated carbocycles. The third-order valence-corrected chi connectivity index (χ3v) is 3.57. The maximum absolute atomic E-state index is 12.0. The minimum Gasteiger partial charge on any atom is -0.378 e. The zero-order valence-electron chi connectivity index (χ0n) is 14.3. The van der Waals surface area contributed by atoms with Crippen molar-refractivity contribution in [2.45, 2.75) is 13.1 Å². The number of anilines is 2. The average molecular weight is 347 g/mol. The molecule has 0 bridgehead atoms. The second kappa shape index (κ2) is 7.83. The predicted octanol–water partition coefficient (Wildman–Crippen LogP) is -1.32. The monoisotopic (exact) mass is 347 g/mol. The highest BCUT2D eigenvalue weighted by Crippen LogP contribution is 2.14. The van der Waals surface area contributed by atoms with Gasteiger partial charge in [0.05, 0.1) is 19.8 Å². The number of aromatic nitrogens is 6. The predicted molar refractivity (Wildman–Crippen MR) is 89.1 cm³/mol. The van der Waals surface area contributed by atoms with Gasteiger partial charge in [0.25, 0.3) is 0 Å². The standard InChI is InChI=1S/C14H21N9O2/c1-21(2)13-18-11(7-16-12(24)8-23-10-15-9-17-23)19-14(20-13)22-3-5-25-6-4-22/h9-10H,3-8H2,1-2H3,(H,16,24). The quantitative estimate of drug-likeness (QED) is 0.679. The molecule has 11 nitrogen and oxygen atoms in total. The highest BCUT2D eigenvalue weighted by molar-refractivity contribution is 5.75. The Morgan fingerprint density at radius 3 is 2.76 bits per heavy atom. The first kappa shape index (κ1) is 17.0. The molecule has 11 heteroatoms. The molecular formula is C14H21N9O2. The van der Waals surface area contributed by atoms with Crippen LogP contribution in [0.1, 0.15) is 5.82 Å². The maximum atomic E-state index is 12.0. The van der Waals surface area contributed by atoms with Crippen LogP contribution in [0.2, 0.25) is 0 Å². The van der Waals surface area contributed by atoms with Gasteiger partial charge in [0, 0.05) is 27.2 Å². The molecule has 1 N–H and O–H groups in total. The molecule has 1 aliphatic heterocycles. The first-order valence-corrected chi connectivity index (χ1v) is 7.96. The molecule has 0 aliphatic carbocycles. The summed E-state index contributed by atoms with van der Waals surface area (Å²) in [5.74, 6) is 1.47. The van der Waals surface area contributed by atoms with Gasteiger partial charge in [0.2, 0.25) is 17.8 Å². The second-order valence-electron chi connectivity index (χ2n) is 5.72. The van der Waals surface area contributed by atoms with E-state index in [1.54, 1.807) is 0 Å². The molecule has 0 atom stereocenters. The van der Waals surface area contributed by atoms with Crippen molar-refractivity contribution >= 4 is 17.8 Å². The van der Waals surface area contributed by atoms with Crippen LogP contribution in [0.3, 0.4) is 0 Å². The molecule has 25 heavy (non-hydrogen) atoms. The summed E-state index contributed by atoms with van der Waals surface area (Å²) in [5.41, 5.74) is 0. The molecule has 1 fully saturated rings. The normalized spacial score (nSPS) is 14.4. The number of rotatable bonds is 6. The number of carbonyl (C=O) groups excluding carboxylic acids is 1. The van der Waals surface area contributed by atoms with Gasteiger partial charge in [0.15, 0.2) is 5.82 Å². The lowest BCUT2D eigenvalue weighted by atomic mass is 10.4. The summed E-state index contributed by atoms with van der Waals surface area (Å²) in [5, 5.41) is 6.69. The van der Waals surface area contributed by atoms with Gasteiger partial charge in [-0.1, -0.05) is 0 Å². The van der Waals surface area contributed by atoms with Crippen LogP contribution in [0, 0.1) is 0 Å². The summed E-state index contributed by atoms with van der Waals surface area (Å²) in [7, 11) is 3.73. The lowest BCUT2D eigenvalue weighted by Crippen LogP contribution is -2.38. The molecular weight excluding hydrogens is 326 g/mol. The number of amides is 1. The fourth-order valence-electron chi connectivity index (χ4n) is 2.27. The van der Waals surface area contributed by atoms with Crippen molar-refractivity contribution in [1.82, 2.24) is 35.0 Å². The van der Waals surface area contributed by atoms with Gasteiger partial charge in [-0.25, -0.2) is 9.67 Å². The largest absolute Gasteiger partial charge is 0.378 e. The van der Waals surface area contributed by atoms with Crippen LogP contribution >= 0.6 is 0 Å². The van der Waals surface area contributed by atoms with Crippen molar-refractivity contribution in [3.8, 4) is 0 Å². The van der Waals surface area contributed by atoms with E-state index in [-0.39, 0.29) is 19.0 Å². The van der Waals surface area contributed by atoms with Crippen LogP contribution in [0.5, 0.6) is 0 Å². The van der Waals surface area contributed by atoms with Crippen LogP contribution in [0.15, 0.2) is 12.7 Å². The molecule has 0 unspecified atom stereocenters. The van der Waals surface area contributed by atoms with Gasteiger partial charge in [-0.05, 0) is 0 Å². The van der Waals surface area contributed by atoms with E-state index in [1.165, 1.54) is 17.3 Å². The smallest absolute Gasteiger partial charge is 0.242 e. The number of nitrogens with zero attached hydrogens (tertiary/aromatic N) is 8. The Labute approximate surface area is 145 Å². The van der Waals surface area contributed by atoms with Gasteiger partial charge in [-0.3, -0.25) is 4.79 Å². The number of hydrogen-bond acceptors (Lipinski definition) is 9. The molecule has 134 valence electrons. The topological polar surface area (TPSA) is 114 Å². The average Bonchev–Trinajstić information content (AvgIpc) is 3.13. The number of nitrogens with one attached hydrogen (secondary N) is 1. The van der Waals surface area contributed by atoms with E-state index in [4.69, 9.17) is 4.74 Å². The Morgan fingerprint density at radius 2 is 2.08 bits per heavy atom. The molecule has 3 heterocycles. The van der Waals surface area contributed by atoms with Crippen LogP contribution in [0.4, 0.5) is 11.9 Å². The van der Waals surface area contributed by atoms with E-state index >= 15 is 0 Å². The first-order chi connectivity index (χ1) is 12.1. The lowest BCUT2D eigenvalue weighted by Gasteiger charge is -2.27. The SMILES string of the molecule is CN(C)c1nc(CNC(=O)Cn2cncn2)nc(N2CCOCC2)n1. The molecule has 3 rings (SSSR count). The summed E-state index contributed by atoms with van der Waals surface area (Å²) in [4.78, 5) is 33.0. The van der Waals surface area contributed by atoms with Crippen molar-refractivity contribution in [3.05, 3.63) is 18.5 Å². The minimum absolute atomic E-state index is 0.0991. The van der Waals surface area contributed by atoms with Gasteiger partial charge >= 0.3 is 0 Å². The zero-order chi connectivity index (χ0) is 17.6. The summed E-state index contributed by atoms with van der Waals surface area (Å²) in [6.45, 7) is 3.07. The van der Waals surface area contributed by atoms with Crippen LogP contribution in [-0.2, 0) is 22.6 Å². The maximum Gasteiger partial charge on any atom is 0.242 e. The molecule has 2 aromatic rings.